The first kappa shape index (κ1) is 17.5. The van der Waals surface area contributed by atoms with E-state index < -0.39 is 0 Å². The lowest BCUT2D eigenvalue weighted by Gasteiger charge is -2.06. The summed E-state index contributed by atoms with van der Waals surface area (Å²) in [5.74, 6) is -0.758. The highest BCUT2D eigenvalue weighted by Gasteiger charge is 2.11. The molecule has 0 bridgehead atoms. The third-order valence-corrected chi connectivity index (χ3v) is 5.15. The Kier molecular flexibility index (Phi) is 5.11. The monoisotopic (exact) mass is 358 g/mol. The quantitative estimate of drug-likeness (QED) is 0.711. The number of aromatic nitrogens is 1. The molecule has 0 aliphatic carbocycles. The van der Waals surface area contributed by atoms with Crippen LogP contribution < -0.4 is 4.80 Å². The molecular formula is C19H19FN2O2S. The molecule has 0 atom stereocenters. The molecule has 0 saturated carbocycles. The first-order chi connectivity index (χ1) is 12.0. The molecule has 0 spiro atoms. The minimum atomic E-state index is -0.382. The van der Waals surface area contributed by atoms with Crippen LogP contribution in [0.1, 0.15) is 21.5 Å². The second-order valence-electron chi connectivity index (χ2n) is 5.88. The fourth-order valence-electron chi connectivity index (χ4n) is 2.74. The SMILES string of the molecule is COCCn1c(=NC(=O)c2ccc(F)cc2)sc2c(C)cc(C)cc21. The van der Waals surface area contributed by atoms with E-state index in [0.717, 1.165) is 21.3 Å². The Morgan fingerprint density at radius 3 is 2.64 bits per heavy atom. The van der Waals surface area contributed by atoms with Gasteiger partial charge < -0.3 is 9.30 Å². The standard InChI is InChI=1S/C19H19FN2O2S/c1-12-10-13(2)17-16(11-12)22(8-9-24-3)19(25-17)21-18(23)14-4-6-15(20)7-5-14/h4-7,10-11H,8-9H2,1-3H3. The average molecular weight is 358 g/mol. The normalized spacial score (nSPS) is 12.1. The van der Waals surface area contributed by atoms with Crippen LogP contribution in [0.5, 0.6) is 0 Å². The molecule has 6 heteroatoms. The Morgan fingerprint density at radius 1 is 1.24 bits per heavy atom. The van der Waals surface area contributed by atoms with Crippen LogP contribution in [0, 0.1) is 19.7 Å². The lowest BCUT2D eigenvalue weighted by Crippen LogP contribution is -2.19. The van der Waals surface area contributed by atoms with E-state index in [-0.39, 0.29) is 11.7 Å². The number of halogens is 1. The number of carbonyl (C=O) groups is 1. The van der Waals surface area contributed by atoms with E-state index in [1.165, 1.54) is 35.6 Å². The fraction of sp³-hybridized carbons (Fsp3) is 0.263. The molecule has 2 aromatic carbocycles. The molecular weight excluding hydrogens is 339 g/mol. The van der Waals surface area contributed by atoms with Crippen molar-refractivity contribution >= 4 is 27.5 Å². The van der Waals surface area contributed by atoms with Crippen molar-refractivity contribution in [2.45, 2.75) is 20.4 Å². The summed E-state index contributed by atoms with van der Waals surface area (Å²) >= 11 is 1.48. The molecule has 3 aromatic rings. The molecule has 1 aromatic heterocycles. The van der Waals surface area contributed by atoms with Crippen molar-refractivity contribution in [3.05, 3.63) is 63.7 Å². The topological polar surface area (TPSA) is 43.6 Å². The van der Waals surface area contributed by atoms with E-state index in [2.05, 4.69) is 24.0 Å². The molecule has 0 N–H and O–H groups in total. The van der Waals surface area contributed by atoms with Crippen LogP contribution in [-0.4, -0.2) is 24.2 Å². The summed E-state index contributed by atoms with van der Waals surface area (Å²) < 4.78 is 21.4. The minimum Gasteiger partial charge on any atom is -0.383 e. The maximum absolute atomic E-state index is 13.0. The average Bonchev–Trinajstić information content (AvgIpc) is 2.91. The van der Waals surface area contributed by atoms with Crippen molar-refractivity contribution in [3.63, 3.8) is 0 Å². The van der Waals surface area contributed by atoms with E-state index in [4.69, 9.17) is 4.74 Å². The number of aryl methyl sites for hydroxylation is 2. The Balaban J connectivity index is 2.15. The molecule has 130 valence electrons. The van der Waals surface area contributed by atoms with E-state index >= 15 is 0 Å². The molecule has 4 nitrogen and oxygen atoms in total. The van der Waals surface area contributed by atoms with Crippen molar-refractivity contribution in [2.24, 2.45) is 4.99 Å². The zero-order valence-corrected chi connectivity index (χ0v) is 15.2. The summed E-state index contributed by atoms with van der Waals surface area (Å²) in [6.07, 6.45) is 0. The van der Waals surface area contributed by atoms with Crippen molar-refractivity contribution < 1.29 is 13.9 Å². The molecule has 25 heavy (non-hydrogen) atoms. The molecule has 1 amide bonds. The zero-order valence-electron chi connectivity index (χ0n) is 14.4. The molecule has 3 rings (SSSR count). The number of carbonyl (C=O) groups excluding carboxylic acids is 1. The fourth-order valence-corrected chi connectivity index (χ4v) is 3.84. The van der Waals surface area contributed by atoms with Crippen molar-refractivity contribution in [1.29, 1.82) is 0 Å². The molecule has 0 aliphatic rings. The summed E-state index contributed by atoms with van der Waals surface area (Å²) in [5.41, 5.74) is 3.72. The van der Waals surface area contributed by atoms with Gasteiger partial charge in [0, 0.05) is 19.2 Å². The van der Waals surface area contributed by atoms with E-state index in [0.29, 0.717) is 23.5 Å². The second-order valence-corrected chi connectivity index (χ2v) is 6.86. The largest absolute Gasteiger partial charge is 0.383 e. The van der Waals surface area contributed by atoms with Gasteiger partial charge in [-0.1, -0.05) is 17.4 Å². The smallest absolute Gasteiger partial charge is 0.279 e. The van der Waals surface area contributed by atoms with Gasteiger partial charge in [-0.05, 0) is 55.3 Å². The summed E-state index contributed by atoms with van der Waals surface area (Å²) in [7, 11) is 1.64. The number of methoxy groups -OCH3 is 1. The van der Waals surface area contributed by atoms with E-state index in [9.17, 15) is 9.18 Å². The van der Waals surface area contributed by atoms with Gasteiger partial charge in [0.15, 0.2) is 4.80 Å². The summed E-state index contributed by atoms with van der Waals surface area (Å²) in [5, 5.41) is 0. The van der Waals surface area contributed by atoms with E-state index in [1.807, 2.05) is 11.5 Å². The summed E-state index contributed by atoms with van der Waals surface area (Å²) in [4.78, 5) is 17.4. The number of hydrogen-bond donors (Lipinski definition) is 0. The van der Waals surface area contributed by atoms with Gasteiger partial charge in [0.05, 0.1) is 16.8 Å². The highest BCUT2D eigenvalue weighted by atomic mass is 32.1. The van der Waals surface area contributed by atoms with Crippen molar-refractivity contribution in [3.8, 4) is 0 Å². The second kappa shape index (κ2) is 7.29. The summed E-state index contributed by atoms with van der Waals surface area (Å²) in [6.45, 7) is 5.23. The molecule has 0 fully saturated rings. The number of rotatable bonds is 4. The van der Waals surface area contributed by atoms with Gasteiger partial charge in [-0.25, -0.2) is 4.39 Å². The van der Waals surface area contributed by atoms with E-state index in [1.54, 1.807) is 7.11 Å². The van der Waals surface area contributed by atoms with Crippen molar-refractivity contribution in [2.75, 3.05) is 13.7 Å². The van der Waals surface area contributed by atoms with Gasteiger partial charge in [-0.3, -0.25) is 4.79 Å². The molecule has 0 aliphatic heterocycles. The van der Waals surface area contributed by atoms with Crippen LogP contribution in [-0.2, 0) is 11.3 Å². The highest BCUT2D eigenvalue weighted by molar-refractivity contribution is 7.16. The number of benzene rings is 2. The minimum absolute atomic E-state index is 0.366. The third kappa shape index (κ3) is 3.70. The van der Waals surface area contributed by atoms with Crippen LogP contribution in [0.2, 0.25) is 0 Å². The van der Waals surface area contributed by atoms with Crippen LogP contribution in [0.15, 0.2) is 41.4 Å². The Morgan fingerprint density at radius 2 is 1.96 bits per heavy atom. The predicted octanol–water partition coefficient (Wildman–Crippen LogP) is 3.85. The van der Waals surface area contributed by atoms with Crippen molar-refractivity contribution in [1.82, 2.24) is 4.57 Å². The highest BCUT2D eigenvalue weighted by Crippen LogP contribution is 2.23. The van der Waals surface area contributed by atoms with Gasteiger partial charge in [0.2, 0.25) is 0 Å². The van der Waals surface area contributed by atoms with Crippen LogP contribution in [0.4, 0.5) is 4.39 Å². The number of fused-ring (bicyclic) bond motifs is 1. The van der Waals surface area contributed by atoms with Gasteiger partial charge >= 0.3 is 0 Å². The Hall–Kier alpha value is -2.31. The van der Waals surface area contributed by atoms with Gasteiger partial charge in [-0.15, -0.1) is 0 Å². The molecule has 0 radical (unpaired) electrons. The Labute approximate surface area is 149 Å². The number of amides is 1. The maximum atomic E-state index is 13.0. The third-order valence-electron chi connectivity index (χ3n) is 3.92. The maximum Gasteiger partial charge on any atom is 0.279 e. The molecule has 1 heterocycles. The molecule has 0 saturated heterocycles. The Bertz CT molecular complexity index is 987. The predicted molar refractivity (Wildman–Crippen MR) is 97.5 cm³/mol. The number of nitrogens with zero attached hydrogens (tertiary/aromatic N) is 2. The van der Waals surface area contributed by atoms with Gasteiger partial charge in [-0.2, -0.15) is 4.99 Å². The number of thiazole rings is 1. The lowest BCUT2D eigenvalue weighted by atomic mass is 10.1. The lowest BCUT2D eigenvalue weighted by molar-refractivity contribution is 0.0997. The number of ether oxygens (including phenoxy) is 1. The summed E-state index contributed by atoms with van der Waals surface area (Å²) in [6, 6.07) is 9.63. The van der Waals surface area contributed by atoms with Crippen LogP contribution in [0.25, 0.3) is 10.2 Å². The van der Waals surface area contributed by atoms with Gasteiger partial charge in [0.25, 0.3) is 5.91 Å². The van der Waals surface area contributed by atoms with Crippen LogP contribution >= 0.6 is 11.3 Å². The van der Waals surface area contributed by atoms with Gasteiger partial charge in [0.1, 0.15) is 5.82 Å². The number of hydrogen-bond acceptors (Lipinski definition) is 3. The molecule has 0 unspecified atom stereocenters. The first-order valence-electron chi connectivity index (χ1n) is 7.94. The zero-order chi connectivity index (χ0) is 18.0. The van der Waals surface area contributed by atoms with Crippen LogP contribution in [0.3, 0.4) is 0 Å². The first-order valence-corrected chi connectivity index (χ1v) is 8.75.